The molecule has 1 fully saturated rings. The Bertz CT molecular complexity index is 340. The zero-order valence-electron chi connectivity index (χ0n) is 11.3. The molecular formula is C15H24N2O. The van der Waals surface area contributed by atoms with E-state index in [1.54, 1.807) is 0 Å². The lowest BCUT2D eigenvalue weighted by Gasteiger charge is -2.16. The maximum absolute atomic E-state index is 6.00. The van der Waals surface area contributed by atoms with Crippen LogP contribution in [-0.4, -0.2) is 17.1 Å². The van der Waals surface area contributed by atoms with Crippen LogP contribution in [0, 0.1) is 0 Å². The molecule has 0 bridgehead atoms. The predicted octanol–water partition coefficient (Wildman–Crippen LogP) is 3.07. The first-order valence-electron chi connectivity index (χ1n) is 7.11. The van der Waals surface area contributed by atoms with Crippen molar-refractivity contribution in [3.63, 3.8) is 0 Å². The van der Waals surface area contributed by atoms with Gasteiger partial charge >= 0.3 is 0 Å². The van der Waals surface area contributed by atoms with E-state index >= 15 is 0 Å². The van der Waals surface area contributed by atoms with Crippen LogP contribution in [-0.2, 0) is 6.42 Å². The Morgan fingerprint density at radius 2 is 2.00 bits per heavy atom. The van der Waals surface area contributed by atoms with E-state index in [0.29, 0.717) is 6.10 Å². The maximum Gasteiger partial charge on any atom is 0.138 e. The van der Waals surface area contributed by atoms with Gasteiger partial charge in [-0.15, -0.1) is 0 Å². The number of rotatable bonds is 4. The van der Waals surface area contributed by atoms with Gasteiger partial charge in [0.05, 0.1) is 12.3 Å². The molecule has 1 heterocycles. The summed E-state index contributed by atoms with van der Waals surface area (Å²) in [6.07, 6.45) is 10.7. The molecular weight excluding hydrogens is 224 g/mol. The summed E-state index contributed by atoms with van der Waals surface area (Å²) in [5.74, 6) is 0.898. The van der Waals surface area contributed by atoms with Crippen molar-refractivity contribution >= 4 is 0 Å². The van der Waals surface area contributed by atoms with E-state index in [4.69, 9.17) is 10.5 Å². The number of ether oxygens (including phenoxy) is 1. The first-order chi connectivity index (χ1) is 8.74. The lowest BCUT2D eigenvalue weighted by Crippen LogP contribution is -2.18. The molecule has 1 aliphatic rings. The predicted molar refractivity (Wildman–Crippen MR) is 73.7 cm³/mol. The van der Waals surface area contributed by atoms with Crippen molar-refractivity contribution in [2.24, 2.45) is 5.73 Å². The van der Waals surface area contributed by atoms with Crippen LogP contribution < -0.4 is 10.5 Å². The first kappa shape index (κ1) is 13.3. The zero-order valence-corrected chi connectivity index (χ0v) is 11.3. The van der Waals surface area contributed by atoms with Crippen LogP contribution in [0.1, 0.15) is 51.1 Å². The molecule has 3 heteroatoms. The lowest BCUT2D eigenvalue weighted by atomic mass is 10.1. The van der Waals surface area contributed by atoms with Crippen LogP contribution in [0.2, 0.25) is 0 Å². The van der Waals surface area contributed by atoms with Crippen LogP contribution in [0.15, 0.2) is 18.3 Å². The summed E-state index contributed by atoms with van der Waals surface area (Å²) in [5, 5.41) is 0. The van der Waals surface area contributed by atoms with Crippen molar-refractivity contribution in [1.82, 2.24) is 4.98 Å². The molecule has 0 radical (unpaired) electrons. The largest absolute Gasteiger partial charge is 0.489 e. The van der Waals surface area contributed by atoms with Crippen molar-refractivity contribution < 1.29 is 4.74 Å². The van der Waals surface area contributed by atoms with E-state index in [9.17, 15) is 0 Å². The molecule has 18 heavy (non-hydrogen) atoms. The SMILES string of the molecule is CC(N)Cc1ccc(OC2CCCCCC2)cn1. The maximum atomic E-state index is 6.00. The fourth-order valence-electron chi connectivity index (χ4n) is 2.48. The van der Waals surface area contributed by atoms with E-state index in [1.165, 1.54) is 38.5 Å². The van der Waals surface area contributed by atoms with Crippen molar-refractivity contribution in [2.45, 2.75) is 64.0 Å². The van der Waals surface area contributed by atoms with Crippen molar-refractivity contribution in [1.29, 1.82) is 0 Å². The van der Waals surface area contributed by atoms with Crippen molar-refractivity contribution in [3.05, 3.63) is 24.0 Å². The first-order valence-corrected chi connectivity index (χ1v) is 7.11. The van der Waals surface area contributed by atoms with E-state index in [-0.39, 0.29) is 6.04 Å². The molecule has 0 spiro atoms. The minimum atomic E-state index is 0.158. The number of pyridine rings is 1. The summed E-state index contributed by atoms with van der Waals surface area (Å²) in [7, 11) is 0. The number of nitrogens with zero attached hydrogens (tertiary/aromatic N) is 1. The normalized spacial score (nSPS) is 19.2. The average molecular weight is 248 g/mol. The van der Waals surface area contributed by atoms with Crippen molar-refractivity contribution in [2.75, 3.05) is 0 Å². The topological polar surface area (TPSA) is 48.1 Å². The summed E-state index contributed by atoms with van der Waals surface area (Å²) in [5.41, 5.74) is 6.80. The van der Waals surface area contributed by atoms with Gasteiger partial charge in [0.15, 0.2) is 0 Å². The van der Waals surface area contributed by atoms with E-state index in [2.05, 4.69) is 4.98 Å². The van der Waals surface area contributed by atoms with Crippen LogP contribution in [0.25, 0.3) is 0 Å². The molecule has 2 rings (SSSR count). The molecule has 0 aliphatic heterocycles. The van der Waals surface area contributed by atoms with Crippen LogP contribution >= 0.6 is 0 Å². The van der Waals surface area contributed by atoms with Gasteiger partial charge in [-0.2, -0.15) is 0 Å². The van der Waals surface area contributed by atoms with Gasteiger partial charge in [0.1, 0.15) is 5.75 Å². The minimum absolute atomic E-state index is 0.158. The van der Waals surface area contributed by atoms with Gasteiger partial charge in [0.25, 0.3) is 0 Å². The Kier molecular flexibility index (Phi) is 5.00. The van der Waals surface area contributed by atoms with Crippen LogP contribution in [0.5, 0.6) is 5.75 Å². The van der Waals surface area contributed by atoms with Gasteiger partial charge < -0.3 is 10.5 Å². The second kappa shape index (κ2) is 6.74. The van der Waals surface area contributed by atoms with Gasteiger partial charge in [0, 0.05) is 18.2 Å². The monoisotopic (exact) mass is 248 g/mol. The molecule has 3 nitrogen and oxygen atoms in total. The third kappa shape index (κ3) is 4.30. The van der Waals surface area contributed by atoms with Gasteiger partial charge in [-0.05, 0) is 44.7 Å². The van der Waals surface area contributed by atoms with Gasteiger partial charge in [-0.25, -0.2) is 0 Å². The molecule has 1 atom stereocenters. The molecule has 1 unspecified atom stereocenters. The fraction of sp³-hybridized carbons (Fsp3) is 0.667. The highest BCUT2D eigenvalue weighted by molar-refractivity contribution is 5.20. The molecule has 0 saturated heterocycles. The van der Waals surface area contributed by atoms with Crippen molar-refractivity contribution in [3.8, 4) is 5.75 Å². The fourth-order valence-corrected chi connectivity index (χ4v) is 2.48. The molecule has 1 aromatic rings. The second-order valence-electron chi connectivity index (χ2n) is 5.40. The number of nitrogens with two attached hydrogens (primary N) is 1. The second-order valence-corrected chi connectivity index (χ2v) is 5.40. The van der Waals surface area contributed by atoms with E-state index in [0.717, 1.165) is 17.9 Å². The van der Waals surface area contributed by atoms with Gasteiger partial charge in [-0.3, -0.25) is 4.98 Å². The van der Waals surface area contributed by atoms with Gasteiger partial charge in [-0.1, -0.05) is 12.8 Å². The molecule has 0 aromatic carbocycles. The van der Waals surface area contributed by atoms with Crippen LogP contribution in [0.3, 0.4) is 0 Å². The molecule has 1 saturated carbocycles. The highest BCUT2D eigenvalue weighted by atomic mass is 16.5. The molecule has 1 aromatic heterocycles. The Hall–Kier alpha value is -1.09. The molecule has 0 amide bonds. The third-order valence-corrected chi connectivity index (χ3v) is 3.43. The summed E-state index contributed by atoms with van der Waals surface area (Å²) in [6.45, 7) is 2.00. The van der Waals surface area contributed by atoms with Gasteiger partial charge in [0.2, 0.25) is 0 Å². The number of hydrogen-bond acceptors (Lipinski definition) is 3. The minimum Gasteiger partial charge on any atom is -0.489 e. The van der Waals surface area contributed by atoms with E-state index in [1.807, 2.05) is 25.3 Å². The summed E-state index contributed by atoms with van der Waals surface area (Å²) >= 11 is 0. The molecule has 1 aliphatic carbocycles. The Morgan fingerprint density at radius 3 is 2.56 bits per heavy atom. The third-order valence-electron chi connectivity index (χ3n) is 3.43. The number of aromatic nitrogens is 1. The number of hydrogen-bond donors (Lipinski definition) is 1. The Balaban J connectivity index is 1.88. The Labute approximate surface area is 110 Å². The highest BCUT2D eigenvalue weighted by Gasteiger charge is 2.13. The smallest absolute Gasteiger partial charge is 0.138 e. The standard InChI is InChI=1S/C15H24N2O/c1-12(16)10-13-8-9-15(11-17-13)18-14-6-4-2-3-5-7-14/h8-9,11-12,14H,2-7,10,16H2,1H3. The highest BCUT2D eigenvalue weighted by Crippen LogP contribution is 2.22. The van der Waals surface area contributed by atoms with Crippen LogP contribution in [0.4, 0.5) is 0 Å². The Morgan fingerprint density at radius 1 is 1.28 bits per heavy atom. The quantitative estimate of drug-likeness (QED) is 0.833. The zero-order chi connectivity index (χ0) is 12.8. The summed E-state index contributed by atoms with van der Waals surface area (Å²) in [6, 6.07) is 4.21. The molecule has 100 valence electrons. The molecule has 2 N–H and O–H groups in total. The average Bonchev–Trinajstić information content (AvgIpc) is 2.60. The summed E-state index contributed by atoms with van der Waals surface area (Å²) < 4.78 is 6.00. The lowest BCUT2D eigenvalue weighted by molar-refractivity contribution is 0.183. The van der Waals surface area contributed by atoms with E-state index < -0.39 is 0 Å². The summed E-state index contributed by atoms with van der Waals surface area (Å²) in [4.78, 5) is 4.40.